The molecule has 3 rings (SSSR count). The van der Waals surface area contributed by atoms with Crippen LogP contribution in [0.3, 0.4) is 0 Å². The van der Waals surface area contributed by atoms with Crippen molar-refractivity contribution in [2.45, 2.75) is 26.8 Å². The summed E-state index contributed by atoms with van der Waals surface area (Å²) in [6, 6.07) is 8.23. The van der Waals surface area contributed by atoms with Gasteiger partial charge in [-0.25, -0.2) is 0 Å². The van der Waals surface area contributed by atoms with Crippen molar-refractivity contribution in [1.29, 1.82) is 0 Å². The lowest BCUT2D eigenvalue weighted by Crippen LogP contribution is -2.38. The Morgan fingerprint density at radius 2 is 2.00 bits per heavy atom. The average Bonchev–Trinajstić information content (AvgIpc) is 2.92. The number of aryl methyl sites for hydroxylation is 2. The molecule has 0 unspecified atom stereocenters. The number of ether oxygens (including phenoxy) is 1. The fourth-order valence-electron chi connectivity index (χ4n) is 3.51. The fourth-order valence-corrected chi connectivity index (χ4v) is 3.51. The summed E-state index contributed by atoms with van der Waals surface area (Å²) in [6.07, 6.45) is 0.969. The third kappa shape index (κ3) is 3.47. The van der Waals surface area contributed by atoms with Crippen LogP contribution in [0.1, 0.15) is 29.4 Å². The quantitative estimate of drug-likeness (QED) is 0.828. The number of carbonyl (C=O) groups excluding carboxylic acids is 1. The van der Waals surface area contributed by atoms with E-state index >= 15 is 0 Å². The van der Waals surface area contributed by atoms with E-state index in [9.17, 15) is 4.79 Å². The van der Waals surface area contributed by atoms with Gasteiger partial charge in [0.25, 0.3) is 5.91 Å². The summed E-state index contributed by atoms with van der Waals surface area (Å²) in [4.78, 5) is 15.1. The molecular weight excluding hydrogens is 302 g/mol. The Balaban J connectivity index is 1.62. The van der Waals surface area contributed by atoms with Crippen LogP contribution >= 0.6 is 0 Å². The molecule has 1 fully saturated rings. The van der Waals surface area contributed by atoms with Crippen molar-refractivity contribution in [2.24, 2.45) is 0 Å². The second-order valence-corrected chi connectivity index (χ2v) is 6.30. The molecule has 1 aliphatic rings. The van der Waals surface area contributed by atoms with Crippen LogP contribution in [0.2, 0.25) is 0 Å². The van der Waals surface area contributed by atoms with Gasteiger partial charge in [0.15, 0.2) is 0 Å². The third-order valence-corrected chi connectivity index (χ3v) is 4.80. The number of benzene rings is 1. The molecule has 5 nitrogen and oxygen atoms in total. The van der Waals surface area contributed by atoms with Gasteiger partial charge in [-0.2, -0.15) is 0 Å². The van der Waals surface area contributed by atoms with E-state index in [2.05, 4.69) is 33.8 Å². The van der Waals surface area contributed by atoms with E-state index in [-0.39, 0.29) is 5.91 Å². The number of morpholine rings is 1. The molecule has 24 heavy (non-hydrogen) atoms. The Labute approximate surface area is 143 Å². The van der Waals surface area contributed by atoms with Crippen LogP contribution in [-0.4, -0.2) is 54.8 Å². The van der Waals surface area contributed by atoms with Gasteiger partial charge in [0.2, 0.25) is 0 Å². The van der Waals surface area contributed by atoms with Gasteiger partial charge in [0.05, 0.1) is 13.2 Å². The number of rotatable bonds is 6. The number of hydrogen-bond donors (Lipinski definition) is 1. The van der Waals surface area contributed by atoms with Gasteiger partial charge < -0.3 is 14.6 Å². The summed E-state index contributed by atoms with van der Waals surface area (Å²) in [7, 11) is 0. The molecule has 0 saturated carbocycles. The van der Waals surface area contributed by atoms with Crippen molar-refractivity contribution in [3.63, 3.8) is 0 Å². The highest BCUT2D eigenvalue weighted by molar-refractivity contribution is 6.01. The van der Waals surface area contributed by atoms with Crippen molar-refractivity contribution in [3.8, 4) is 0 Å². The number of hydrogen-bond acceptors (Lipinski definition) is 3. The molecular formula is C19H27N3O2. The van der Waals surface area contributed by atoms with Gasteiger partial charge in [-0.15, -0.1) is 0 Å². The highest BCUT2D eigenvalue weighted by Crippen LogP contribution is 2.25. The van der Waals surface area contributed by atoms with E-state index in [1.54, 1.807) is 0 Å². The number of carbonyl (C=O) groups is 1. The van der Waals surface area contributed by atoms with Crippen LogP contribution in [-0.2, 0) is 11.3 Å². The standard InChI is InChI=1S/C19H27N3O2/c1-3-22-17-8-5-4-7-16(17)15(2)18(22)19(23)20-9-6-10-21-11-13-24-14-12-21/h4-5,7-8H,3,6,9-14H2,1-2H3,(H,20,23). The summed E-state index contributed by atoms with van der Waals surface area (Å²) in [6.45, 7) is 10.3. The maximum Gasteiger partial charge on any atom is 0.268 e. The Hall–Kier alpha value is -1.85. The van der Waals surface area contributed by atoms with E-state index in [1.165, 1.54) is 0 Å². The molecule has 0 bridgehead atoms. The Morgan fingerprint density at radius 3 is 2.75 bits per heavy atom. The molecule has 1 N–H and O–H groups in total. The maximum absolute atomic E-state index is 12.7. The molecule has 5 heteroatoms. The summed E-state index contributed by atoms with van der Waals surface area (Å²) in [5.74, 6) is 0.0347. The molecule has 1 aliphatic heterocycles. The molecule has 1 amide bonds. The maximum atomic E-state index is 12.7. The summed E-state index contributed by atoms with van der Waals surface area (Å²) < 4.78 is 7.47. The highest BCUT2D eigenvalue weighted by atomic mass is 16.5. The smallest absolute Gasteiger partial charge is 0.268 e. The van der Waals surface area contributed by atoms with Gasteiger partial charge in [0, 0.05) is 37.1 Å². The van der Waals surface area contributed by atoms with Crippen molar-refractivity contribution in [1.82, 2.24) is 14.8 Å². The Morgan fingerprint density at radius 1 is 1.25 bits per heavy atom. The first-order chi connectivity index (χ1) is 11.7. The van der Waals surface area contributed by atoms with Crippen LogP contribution in [0.5, 0.6) is 0 Å². The summed E-state index contributed by atoms with van der Waals surface area (Å²) in [5, 5.41) is 4.26. The first kappa shape index (κ1) is 17.0. The number of fused-ring (bicyclic) bond motifs is 1. The van der Waals surface area contributed by atoms with Crippen molar-refractivity contribution >= 4 is 16.8 Å². The van der Waals surface area contributed by atoms with Crippen molar-refractivity contribution < 1.29 is 9.53 Å². The molecule has 130 valence electrons. The van der Waals surface area contributed by atoms with E-state index in [4.69, 9.17) is 4.74 Å². The van der Waals surface area contributed by atoms with Gasteiger partial charge in [-0.05, 0) is 38.4 Å². The van der Waals surface area contributed by atoms with Gasteiger partial charge in [-0.3, -0.25) is 9.69 Å². The van der Waals surface area contributed by atoms with Gasteiger partial charge in [-0.1, -0.05) is 18.2 Å². The number of nitrogens with one attached hydrogen (secondary N) is 1. The highest BCUT2D eigenvalue weighted by Gasteiger charge is 2.19. The van der Waals surface area contributed by atoms with Gasteiger partial charge in [0.1, 0.15) is 5.69 Å². The van der Waals surface area contributed by atoms with Crippen LogP contribution < -0.4 is 5.32 Å². The lowest BCUT2D eigenvalue weighted by molar-refractivity contribution is 0.0374. The topological polar surface area (TPSA) is 46.5 Å². The zero-order chi connectivity index (χ0) is 16.9. The predicted molar refractivity (Wildman–Crippen MR) is 96.6 cm³/mol. The van der Waals surface area contributed by atoms with Crippen LogP contribution in [0.4, 0.5) is 0 Å². The molecule has 1 aromatic heterocycles. The van der Waals surface area contributed by atoms with Crippen LogP contribution in [0.25, 0.3) is 10.9 Å². The molecule has 1 saturated heterocycles. The van der Waals surface area contributed by atoms with Crippen molar-refractivity contribution in [2.75, 3.05) is 39.4 Å². The normalized spacial score (nSPS) is 15.8. The molecule has 2 aromatic rings. The fraction of sp³-hybridized carbons (Fsp3) is 0.526. The number of para-hydroxylation sites is 1. The second-order valence-electron chi connectivity index (χ2n) is 6.30. The molecule has 0 spiro atoms. The summed E-state index contributed by atoms with van der Waals surface area (Å²) >= 11 is 0. The number of nitrogens with zero attached hydrogens (tertiary/aromatic N) is 2. The van der Waals surface area contributed by atoms with E-state index < -0.39 is 0 Å². The minimum atomic E-state index is 0.0347. The Kier molecular flexibility index (Phi) is 5.53. The minimum Gasteiger partial charge on any atom is -0.379 e. The average molecular weight is 329 g/mol. The van der Waals surface area contributed by atoms with E-state index in [0.717, 1.165) is 68.0 Å². The molecule has 0 atom stereocenters. The van der Waals surface area contributed by atoms with E-state index in [0.29, 0.717) is 6.54 Å². The lowest BCUT2D eigenvalue weighted by Gasteiger charge is -2.26. The first-order valence-corrected chi connectivity index (χ1v) is 8.88. The number of amides is 1. The monoisotopic (exact) mass is 329 g/mol. The SMILES string of the molecule is CCn1c(C(=O)NCCCN2CCOCC2)c(C)c2ccccc21. The van der Waals surface area contributed by atoms with Crippen LogP contribution in [0, 0.1) is 6.92 Å². The third-order valence-electron chi connectivity index (χ3n) is 4.80. The zero-order valence-corrected chi connectivity index (χ0v) is 14.7. The van der Waals surface area contributed by atoms with Gasteiger partial charge >= 0.3 is 0 Å². The summed E-state index contributed by atoms with van der Waals surface area (Å²) in [5.41, 5.74) is 3.00. The second kappa shape index (κ2) is 7.81. The molecule has 2 heterocycles. The molecule has 0 radical (unpaired) electrons. The van der Waals surface area contributed by atoms with E-state index in [1.807, 2.05) is 19.1 Å². The predicted octanol–water partition coefficient (Wildman–Crippen LogP) is 2.42. The first-order valence-electron chi connectivity index (χ1n) is 8.88. The largest absolute Gasteiger partial charge is 0.379 e. The number of aromatic nitrogens is 1. The molecule has 1 aromatic carbocycles. The molecule has 0 aliphatic carbocycles. The van der Waals surface area contributed by atoms with Crippen LogP contribution in [0.15, 0.2) is 24.3 Å². The Bertz CT molecular complexity index is 702. The zero-order valence-electron chi connectivity index (χ0n) is 14.7. The van der Waals surface area contributed by atoms with Crippen molar-refractivity contribution in [3.05, 3.63) is 35.5 Å². The minimum absolute atomic E-state index is 0.0347. The lowest BCUT2D eigenvalue weighted by atomic mass is 10.1.